The Hall–Kier alpha value is -1.72. The number of quaternary nitrogens is 2. The van der Waals surface area contributed by atoms with Gasteiger partial charge in [-0.25, -0.2) is 0 Å². The number of benzene rings is 2. The second kappa shape index (κ2) is 10.2. The third-order valence-electron chi connectivity index (χ3n) is 6.12. The number of aliphatic hydroxyl groups excluding tert-OH is 1. The average molecular weight is 385 g/mol. The molecule has 1 aliphatic rings. The van der Waals surface area contributed by atoms with Crippen LogP contribution in [0.3, 0.4) is 0 Å². The lowest BCUT2D eigenvalue weighted by Crippen LogP contribution is -3.18. The fourth-order valence-electron chi connectivity index (χ4n) is 4.28. The molecular formula is C24H36N2O2+2. The molecule has 3 atom stereocenters. The zero-order chi connectivity index (χ0) is 19.9. The Morgan fingerprint density at radius 3 is 2.39 bits per heavy atom. The molecule has 3 rings (SSSR count). The fourth-order valence-corrected chi connectivity index (χ4v) is 4.28. The highest BCUT2D eigenvalue weighted by Crippen LogP contribution is 2.28. The van der Waals surface area contributed by atoms with Crippen LogP contribution in [0.4, 0.5) is 0 Å². The van der Waals surface area contributed by atoms with Crippen LogP contribution >= 0.6 is 0 Å². The van der Waals surface area contributed by atoms with Gasteiger partial charge in [-0.2, -0.15) is 0 Å². The van der Waals surface area contributed by atoms with E-state index in [9.17, 15) is 5.11 Å². The predicted octanol–water partition coefficient (Wildman–Crippen LogP) is 0.654. The van der Waals surface area contributed by atoms with E-state index >= 15 is 0 Å². The van der Waals surface area contributed by atoms with Gasteiger partial charge >= 0.3 is 0 Å². The Balaban J connectivity index is 1.61. The number of hydrogen-bond donors (Lipinski definition) is 3. The molecule has 0 aromatic heterocycles. The molecule has 1 unspecified atom stereocenters. The molecule has 152 valence electrons. The molecule has 28 heavy (non-hydrogen) atoms. The third-order valence-corrected chi connectivity index (χ3v) is 6.12. The summed E-state index contributed by atoms with van der Waals surface area (Å²) in [4.78, 5) is 3.05. The van der Waals surface area contributed by atoms with E-state index in [1.807, 2.05) is 18.2 Å². The lowest BCUT2D eigenvalue weighted by molar-refractivity contribution is -0.941. The van der Waals surface area contributed by atoms with Gasteiger partial charge in [-0.3, -0.25) is 0 Å². The van der Waals surface area contributed by atoms with Gasteiger partial charge < -0.3 is 19.6 Å². The van der Waals surface area contributed by atoms with Gasteiger partial charge in [-0.15, -0.1) is 0 Å². The summed E-state index contributed by atoms with van der Waals surface area (Å²) in [5, 5.41) is 10.7. The summed E-state index contributed by atoms with van der Waals surface area (Å²) in [6.07, 6.45) is 1.87. The van der Waals surface area contributed by atoms with Crippen molar-refractivity contribution < 1.29 is 19.6 Å². The maximum Gasteiger partial charge on any atom is 0.126 e. The summed E-state index contributed by atoms with van der Waals surface area (Å²) in [6.45, 7) is 5.67. The van der Waals surface area contributed by atoms with E-state index in [1.165, 1.54) is 42.0 Å². The van der Waals surface area contributed by atoms with Crippen LogP contribution in [0.1, 0.15) is 35.6 Å². The molecule has 0 spiro atoms. The van der Waals surface area contributed by atoms with Crippen LogP contribution in [0.5, 0.6) is 0 Å². The normalized spacial score (nSPS) is 23.1. The number of nitrogens with one attached hydrogen (secondary N) is 2. The topological polar surface area (TPSA) is 38.3 Å². The summed E-state index contributed by atoms with van der Waals surface area (Å²) in [7, 11) is 4.48. The molecular weight excluding hydrogens is 348 g/mol. The number of likely N-dealkylation sites (N-methyl/N-ethyl adjacent to an activating group) is 1. The molecule has 0 bridgehead atoms. The van der Waals surface area contributed by atoms with E-state index in [-0.39, 0.29) is 6.10 Å². The number of rotatable bonds is 8. The summed E-state index contributed by atoms with van der Waals surface area (Å²) >= 11 is 0. The lowest BCUT2D eigenvalue weighted by atomic mass is 9.97. The van der Waals surface area contributed by atoms with Crippen molar-refractivity contribution in [3.05, 3.63) is 71.3 Å². The first-order chi connectivity index (χ1) is 13.5. The second-order valence-electron chi connectivity index (χ2n) is 8.42. The van der Waals surface area contributed by atoms with Crippen LogP contribution < -0.4 is 9.80 Å². The molecule has 1 saturated heterocycles. The SMILES string of the molecule is Cc1ccccc1[C@@H](OC[C@H](O)C[NH+](C)C1CC[NH+](C)CC1)c1ccccc1. The Morgan fingerprint density at radius 1 is 1.07 bits per heavy atom. The van der Waals surface area contributed by atoms with Crippen LogP contribution in [0, 0.1) is 6.92 Å². The monoisotopic (exact) mass is 384 g/mol. The first-order valence-corrected chi connectivity index (χ1v) is 10.6. The maximum atomic E-state index is 10.7. The summed E-state index contributed by atoms with van der Waals surface area (Å²) in [5.74, 6) is 0. The Labute approximate surface area is 169 Å². The van der Waals surface area contributed by atoms with Gasteiger partial charge in [0.2, 0.25) is 0 Å². The van der Waals surface area contributed by atoms with Crippen LogP contribution in [-0.4, -0.2) is 57.6 Å². The fraction of sp³-hybridized carbons (Fsp3) is 0.500. The zero-order valence-electron chi connectivity index (χ0n) is 17.5. The van der Waals surface area contributed by atoms with Crippen molar-refractivity contribution in [1.29, 1.82) is 0 Å². The van der Waals surface area contributed by atoms with Crippen LogP contribution in [0.2, 0.25) is 0 Å². The minimum Gasteiger partial charge on any atom is -0.385 e. The highest BCUT2D eigenvalue weighted by Gasteiger charge is 2.28. The highest BCUT2D eigenvalue weighted by atomic mass is 16.5. The van der Waals surface area contributed by atoms with Gasteiger partial charge in [-0.05, 0) is 23.6 Å². The summed E-state index contributed by atoms with van der Waals surface area (Å²) < 4.78 is 6.29. The van der Waals surface area contributed by atoms with E-state index in [1.54, 1.807) is 4.90 Å². The summed E-state index contributed by atoms with van der Waals surface area (Å²) in [5.41, 5.74) is 3.50. The number of likely N-dealkylation sites (tertiary alicyclic amines) is 1. The molecule has 1 aliphatic heterocycles. The predicted molar refractivity (Wildman–Crippen MR) is 113 cm³/mol. The molecule has 3 N–H and O–H groups in total. The molecule has 2 aromatic carbocycles. The van der Waals surface area contributed by atoms with Gasteiger partial charge in [0.15, 0.2) is 0 Å². The minimum atomic E-state index is -0.456. The van der Waals surface area contributed by atoms with Gasteiger partial charge in [-0.1, -0.05) is 54.6 Å². The minimum absolute atomic E-state index is 0.149. The number of aliphatic hydroxyl groups is 1. The molecule has 0 saturated carbocycles. The molecule has 0 aliphatic carbocycles. The van der Waals surface area contributed by atoms with Crippen LogP contribution in [0.25, 0.3) is 0 Å². The van der Waals surface area contributed by atoms with Gasteiger partial charge in [0.1, 0.15) is 18.8 Å². The van der Waals surface area contributed by atoms with Crippen molar-refractivity contribution >= 4 is 0 Å². The highest BCUT2D eigenvalue weighted by molar-refractivity contribution is 5.35. The largest absolute Gasteiger partial charge is 0.385 e. The van der Waals surface area contributed by atoms with E-state index < -0.39 is 6.10 Å². The Bertz CT molecular complexity index is 714. The van der Waals surface area contributed by atoms with Crippen LogP contribution in [0.15, 0.2) is 54.6 Å². The molecule has 1 fully saturated rings. The van der Waals surface area contributed by atoms with E-state index in [0.29, 0.717) is 12.6 Å². The van der Waals surface area contributed by atoms with E-state index in [2.05, 4.69) is 57.4 Å². The van der Waals surface area contributed by atoms with Crippen molar-refractivity contribution in [2.45, 2.75) is 38.0 Å². The molecule has 4 nitrogen and oxygen atoms in total. The van der Waals surface area contributed by atoms with E-state index in [4.69, 9.17) is 4.74 Å². The molecule has 0 amide bonds. The van der Waals surface area contributed by atoms with Gasteiger partial charge in [0, 0.05) is 12.8 Å². The standard InChI is InChI=1S/C24H34N2O2/c1-19-9-7-8-12-23(19)24(20-10-5-4-6-11-20)28-18-22(27)17-26(3)21-13-15-25(2)16-14-21/h4-12,21-22,24,27H,13-18H2,1-3H3/p+2/t22-,24+/m1/s1. The maximum absolute atomic E-state index is 10.7. The van der Waals surface area contributed by atoms with Crippen molar-refractivity contribution in [2.75, 3.05) is 40.3 Å². The van der Waals surface area contributed by atoms with Crippen molar-refractivity contribution in [2.24, 2.45) is 0 Å². The quantitative estimate of drug-likeness (QED) is 0.625. The summed E-state index contributed by atoms with van der Waals surface area (Å²) in [6, 6.07) is 19.3. The van der Waals surface area contributed by atoms with Crippen molar-refractivity contribution in [3.8, 4) is 0 Å². The Kier molecular flexibility index (Phi) is 7.63. The van der Waals surface area contributed by atoms with Gasteiger partial charge in [0.05, 0.1) is 39.8 Å². The van der Waals surface area contributed by atoms with Crippen LogP contribution in [-0.2, 0) is 4.74 Å². The zero-order valence-corrected chi connectivity index (χ0v) is 17.5. The third kappa shape index (κ3) is 5.65. The number of hydrogen-bond acceptors (Lipinski definition) is 2. The van der Waals surface area contributed by atoms with Crippen molar-refractivity contribution in [1.82, 2.24) is 0 Å². The average Bonchev–Trinajstić information content (AvgIpc) is 2.70. The number of piperidine rings is 1. The first-order valence-electron chi connectivity index (χ1n) is 10.6. The molecule has 0 radical (unpaired) electrons. The lowest BCUT2D eigenvalue weighted by Gasteiger charge is -2.32. The van der Waals surface area contributed by atoms with Crippen molar-refractivity contribution in [3.63, 3.8) is 0 Å². The molecule has 4 heteroatoms. The number of aryl methyl sites for hydroxylation is 1. The molecule has 2 aromatic rings. The van der Waals surface area contributed by atoms with E-state index in [0.717, 1.165) is 12.1 Å². The Morgan fingerprint density at radius 2 is 1.71 bits per heavy atom. The first kappa shape index (κ1) is 21.0. The van der Waals surface area contributed by atoms with Gasteiger partial charge in [0.25, 0.3) is 0 Å². The number of ether oxygens (including phenoxy) is 1. The molecule has 1 heterocycles. The smallest absolute Gasteiger partial charge is 0.126 e. The second-order valence-corrected chi connectivity index (χ2v) is 8.42.